The summed E-state index contributed by atoms with van der Waals surface area (Å²) in [6, 6.07) is 6.42. The molecule has 1 fully saturated rings. The zero-order valence-electron chi connectivity index (χ0n) is 15.7. The fraction of sp³-hybridized carbons (Fsp3) is 0.600. The molecule has 1 aromatic carbocycles. The standard InChI is InChI=1S/C20H29NO4/c1-13-6-7-15-11-21(9-8-14(15)10-13)19-17(22)18(23-5)16(25-19)12-24-20(2,3)4/h6-10,16-19,22H,11-12H2,1-5H3/t16-,17?,18?,19-/m1/s1. The third kappa shape index (κ3) is 4.06. The van der Waals surface area contributed by atoms with E-state index in [0.29, 0.717) is 13.2 Å². The van der Waals surface area contributed by atoms with Crippen LogP contribution in [0.3, 0.4) is 0 Å². The number of methoxy groups -OCH3 is 1. The summed E-state index contributed by atoms with van der Waals surface area (Å²) in [6.07, 6.45) is 2.20. The Labute approximate surface area is 150 Å². The van der Waals surface area contributed by atoms with Crippen LogP contribution in [-0.4, -0.2) is 53.9 Å². The van der Waals surface area contributed by atoms with Gasteiger partial charge in [-0.05, 0) is 44.9 Å². The number of aryl methyl sites for hydroxylation is 1. The number of hydrogen-bond acceptors (Lipinski definition) is 5. The quantitative estimate of drug-likeness (QED) is 0.908. The predicted molar refractivity (Wildman–Crippen MR) is 96.9 cm³/mol. The number of hydrogen-bond donors (Lipinski definition) is 1. The number of aliphatic hydroxyl groups excluding tert-OH is 1. The van der Waals surface area contributed by atoms with Gasteiger partial charge in [0.25, 0.3) is 0 Å². The molecule has 2 unspecified atom stereocenters. The summed E-state index contributed by atoms with van der Waals surface area (Å²) in [6.45, 7) is 9.20. The largest absolute Gasteiger partial charge is 0.386 e. The van der Waals surface area contributed by atoms with Gasteiger partial charge in [0.2, 0.25) is 0 Å². The van der Waals surface area contributed by atoms with E-state index in [0.717, 1.165) is 0 Å². The van der Waals surface area contributed by atoms with E-state index in [1.165, 1.54) is 16.7 Å². The smallest absolute Gasteiger partial charge is 0.159 e. The third-order valence-corrected chi connectivity index (χ3v) is 4.69. The van der Waals surface area contributed by atoms with E-state index in [1.807, 2.05) is 31.9 Å². The molecular formula is C20H29NO4. The lowest BCUT2D eigenvalue weighted by Gasteiger charge is -2.32. The number of aliphatic hydroxyl groups is 1. The van der Waals surface area contributed by atoms with Crippen LogP contribution in [0.25, 0.3) is 6.08 Å². The van der Waals surface area contributed by atoms with Crippen LogP contribution in [-0.2, 0) is 20.8 Å². The first-order valence-electron chi connectivity index (χ1n) is 8.82. The van der Waals surface area contributed by atoms with Crippen molar-refractivity contribution in [2.75, 3.05) is 13.7 Å². The molecule has 25 heavy (non-hydrogen) atoms. The molecule has 138 valence electrons. The van der Waals surface area contributed by atoms with Crippen LogP contribution >= 0.6 is 0 Å². The summed E-state index contributed by atoms with van der Waals surface area (Å²) in [5.74, 6) is 0. The molecule has 0 spiro atoms. The first kappa shape index (κ1) is 18.4. The van der Waals surface area contributed by atoms with E-state index in [1.54, 1.807) is 7.11 Å². The maximum absolute atomic E-state index is 10.7. The fourth-order valence-corrected chi connectivity index (χ4v) is 3.36. The zero-order chi connectivity index (χ0) is 18.2. The molecule has 3 rings (SSSR count). The number of nitrogens with zero attached hydrogens (tertiary/aromatic N) is 1. The third-order valence-electron chi connectivity index (χ3n) is 4.69. The SMILES string of the molecule is COC1C(O)[C@H](N2C=Cc3cc(C)ccc3C2)O[C@@H]1COC(C)(C)C. The van der Waals surface area contributed by atoms with Gasteiger partial charge in [-0.1, -0.05) is 23.8 Å². The molecule has 0 amide bonds. The van der Waals surface area contributed by atoms with E-state index < -0.39 is 18.4 Å². The van der Waals surface area contributed by atoms with Gasteiger partial charge in [0.05, 0.1) is 12.2 Å². The van der Waals surface area contributed by atoms with E-state index in [4.69, 9.17) is 14.2 Å². The Balaban J connectivity index is 1.72. The molecule has 0 saturated carbocycles. The van der Waals surface area contributed by atoms with Crippen molar-refractivity contribution in [2.24, 2.45) is 0 Å². The van der Waals surface area contributed by atoms with Gasteiger partial charge >= 0.3 is 0 Å². The van der Waals surface area contributed by atoms with Crippen molar-refractivity contribution in [3.8, 4) is 0 Å². The minimum absolute atomic E-state index is 0.257. The maximum atomic E-state index is 10.7. The van der Waals surface area contributed by atoms with Crippen LogP contribution in [0.2, 0.25) is 0 Å². The van der Waals surface area contributed by atoms with Crippen molar-refractivity contribution >= 4 is 6.08 Å². The Morgan fingerprint density at radius 1 is 1.32 bits per heavy atom. The van der Waals surface area contributed by atoms with Crippen molar-refractivity contribution < 1.29 is 19.3 Å². The fourth-order valence-electron chi connectivity index (χ4n) is 3.36. The van der Waals surface area contributed by atoms with Gasteiger partial charge in [-0.2, -0.15) is 0 Å². The Morgan fingerprint density at radius 3 is 2.76 bits per heavy atom. The van der Waals surface area contributed by atoms with Crippen LogP contribution in [0.5, 0.6) is 0 Å². The lowest BCUT2D eigenvalue weighted by molar-refractivity contribution is -0.114. The predicted octanol–water partition coefficient (Wildman–Crippen LogP) is 2.70. The Kier molecular flexibility index (Phi) is 5.21. The highest BCUT2D eigenvalue weighted by Crippen LogP contribution is 2.31. The maximum Gasteiger partial charge on any atom is 0.159 e. The van der Waals surface area contributed by atoms with Crippen molar-refractivity contribution in [1.29, 1.82) is 0 Å². The molecule has 0 radical (unpaired) electrons. The normalized spacial score (nSPS) is 29.1. The summed E-state index contributed by atoms with van der Waals surface area (Å²) in [7, 11) is 1.60. The number of benzene rings is 1. The summed E-state index contributed by atoms with van der Waals surface area (Å²) >= 11 is 0. The average molecular weight is 347 g/mol. The first-order valence-corrected chi connectivity index (χ1v) is 8.82. The molecule has 4 atom stereocenters. The zero-order valence-corrected chi connectivity index (χ0v) is 15.7. The Hall–Kier alpha value is -1.40. The molecule has 1 saturated heterocycles. The van der Waals surface area contributed by atoms with Gasteiger partial charge in [0.1, 0.15) is 18.3 Å². The minimum atomic E-state index is -0.727. The number of ether oxygens (including phenoxy) is 3. The highest BCUT2D eigenvalue weighted by atomic mass is 16.6. The number of rotatable bonds is 4. The van der Waals surface area contributed by atoms with Crippen molar-refractivity contribution in [3.63, 3.8) is 0 Å². The summed E-state index contributed by atoms with van der Waals surface area (Å²) < 4.78 is 17.5. The van der Waals surface area contributed by atoms with Gasteiger partial charge in [0, 0.05) is 19.9 Å². The highest BCUT2D eigenvalue weighted by Gasteiger charge is 2.46. The molecule has 0 aromatic heterocycles. The molecule has 2 aliphatic rings. The molecule has 2 aliphatic heterocycles. The summed E-state index contributed by atoms with van der Waals surface area (Å²) in [4.78, 5) is 2.03. The van der Waals surface area contributed by atoms with Crippen molar-refractivity contribution in [3.05, 3.63) is 41.1 Å². The number of fused-ring (bicyclic) bond motifs is 1. The van der Waals surface area contributed by atoms with Crippen LogP contribution in [0.4, 0.5) is 0 Å². The van der Waals surface area contributed by atoms with E-state index >= 15 is 0 Å². The van der Waals surface area contributed by atoms with E-state index in [2.05, 4.69) is 31.2 Å². The first-order chi connectivity index (χ1) is 11.8. The molecule has 0 aliphatic carbocycles. The van der Waals surface area contributed by atoms with Gasteiger partial charge in [0.15, 0.2) is 6.23 Å². The Bertz CT molecular complexity index is 637. The van der Waals surface area contributed by atoms with Gasteiger partial charge in [-0.25, -0.2) is 0 Å². The highest BCUT2D eigenvalue weighted by molar-refractivity contribution is 5.56. The molecular weight excluding hydrogens is 318 g/mol. The molecule has 5 heteroatoms. The second-order valence-electron chi connectivity index (χ2n) is 7.87. The van der Waals surface area contributed by atoms with Crippen molar-refractivity contribution in [2.45, 2.75) is 64.4 Å². The van der Waals surface area contributed by atoms with E-state index in [9.17, 15) is 5.11 Å². The van der Waals surface area contributed by atoms with Crippen LogP contribution < -0.4 is 0 Å². The second-order valence-corrected chi connectivity index (χ2v) is 7.87. The van der Waals surface area contributed by atoms with Gasteiger partial charge in [-0.3, -0.25) is 0 Å². The molecule has 1 N–H and O–H groups in total. The van der Waals surface area contributed by atoms with E-state index in [-0.39, 0.29) is 11.7 Å². The minimum Gasteiger partial charge on any atom is -0.386 e. The molecule has 5 nitrogen and oxygen atoms in total. The van der Waals surface area contributed by atoms with Gasteiger partial charge < -0.3 is 24.2 Å². The monoisotopic (exact) mass is 347 g/mol. The average Bonchev–Trinajstić information content (AvgIpc) is 2.87. The summed E-state index contributed by atoms with van der Waals surface area (Å²) in [5.41, 5.74) is 3.44. The summed E-state index contributed by atoms with van der Waals surface area (Å²) in [5, 5.41) is 10.7. The second kappa shape index (κ2) is 7.08. The van der Waals surface area contributed by atoms with Crippen LogP contribution in [0, 0.1) is 6.92 Å². The van der Waals surface area contributed by atoms with Gasteiger partial charge in [-0.15, -0.1) is 0 Å². The van der Waals surface area contributed by atoms with Crippen LogP contribution in [0.15, 0.2) is 24.4 Å². The lowest BCUT2D eigenvalue weighted by Crippen LogP contribution is -2.42. The lowest BCUT2D eigenvalue weighted by atomic mass is 10.0. The van der Waals surface area contributed by atoms with Crippen LogP contribution in [0.1, 0.15) is 37.5 Å². The Morgan fingerprint density at radius 2 is 2.08 bits per heavy atom. The molecule has 0 bridgehead atoms. The molecule has 1 aromatic rings. The molecule has 2 heterocycles. The van der Waals surface area contributed by atoms with Crippen molar-refractivity contribution in [1.82, 2.24) is 4.90 Å². The topological polar surface area (TPSA) is 51.2 Å².